The molecule has 2 amide bonds. The van der Waals surface area contributed by atoms with Crippen molar-refractivity contribution in [3.05, 3.63) is 0 Å². The third-order valence-electron chi connectivity index (χ3n) is 6.62. The van der Waals surface area contributed by atoms with Gasteiger partial charge in [-0.3, -0.25) is 9.59 Å². The van der Waals surface area contributed by atoms with Gasteiger partial charge in [-0.15, -0.1) is 0 Å². The van der Waals surface area contributed by atoms with Gasteiger partial charge < -0.3 is 37.2 Å². The molecule has 206 valence electrons. The van der Waals surface area contributed by atoms with Crippen molar-refractivity contribution in [1.29, 1.82) is 0 Å². The lowest BCUT2D eigenvalue weighted by molar-refractivity contribution is -0.172. The zero-order chi connectivity index (χ0) is 26.7. The first-order chi connectivity index (χ1) is 16.5. The van der Waals surface area contributed by atoms with Crippen LogP contribution in [0.5, 0.6) is 0 Å². The minimum absolute atomic E-state index is 0.0130. The molecule has 0 aromatic rings. The summed E-state index contributed by atoms with van der Waals surface area (Å²) in [4.78, 5) is 25.4. The van der Waals surface area contributed by atoms with E-state index in [1.54, 1.807) is 6.92 Å². The summed E-state index contributed by atoms with van der Waals surface area (Å²) in [7, 11) is 3.30. The van der Waals surface area contributed by atoms with E-state index >= 15 is 8.78 Å². The average molecular weight is 545 g/mol. The van der Waals surface area contributed by atoms with Crippen LogP contribution >= 0.6 is 0 Å². The summed E-state index contributed by atoms with van der Waals surface area (Å²) in [6.45, 7) is 2.12. The molecule has 0 aromatic carbocycles. The fraction of sp³-hybridized carbons (Fsp3) is 0.905. The molecule has 1 aliphatic rings. The van der Waals surface area contributed by atoms with Gasteiger partial charge in [0.2, 0.25) is 11.8 Å². The third-order valence-corrected chi connectivity index (χ3v) is 12.3. The lowest BCUT2D eigenvalue weighted by Crippen LogP contribution is -2.54. The van der Waals surface area contributed by atoms with Crippen molar-refractivity contribution in [2.45, 2.75) is 50.6 Å². The summed E-state index contributed by atoms with van der Waals surface area (Å²) >= 11 is 0. The van der Waals surface area contributed by atoms with Crippen molar-refractivity contribution in [2.24, 2.45) is 17.8 Å². The van der Waals surface area contributed by atoms with Crippen molar-refractivity contribution >= 4 is 29.4 Å². The third kappa shape index (κ3) is 8.52. The van der Waals surface area contributed by atoms with Gasteiger partial charge in [-0.25, -0.2) is 8.78 Å². The number of rotatable bonds is 16. The first-order valence-electron chi connectivity index (χ1n) is 11.7. The summed E-state index contributed by atoms with van der Waals surface area (Å²) in [5, 5.41) is 5.18. The maximum atomic E-state index is 15.3. The van der Waals surface area contributed by atoms with E-state index in [2.05, 4.69) is 10.6 Å². The molecule has 0 aliphatic heterocycles. The highest BCUT2D eigenvalue weighted by Crippen LogP contribution is 2.45. The average Bonchev–Trinajstić information content (AvgIpc) is 2.86. The Morgan fingerprint density at radius 1 is 0.743 bits per heavy atom. The Morgan fingerprint density at radius 3 is 1.34 bits per heavy atom. The molecular formula is C21H42F2N2O8Si2. The Morgan fingerprint density at radius 2 is 1.06 bits per heavy atom. The normalized spacial score (nSPS) is 22.6. The van der Waals surface area contributed by atoms with E-state index in [1.165, 1.54) is 42.7 Å². The van der Waals surface area contributed by atoms with E-state index in [-0.39, 0.29) is 31.8 Å². The van der Waals surface area contributed by atoms with Gasteiger partial charge in [-0.2, -0.15) is 0 Å². The molecule has 1 saturated carbocycles. The molecular weight excluding hydrogens is 502 g/mol. The minimum Gasteiger partial charge on any atom is -0.377 e. The smallest absolute Gasteiger partial charge is 0.377 e. The lowest BCUT2D eigenvalue weighted by atomic mass is 9.72. The summed E-state index contributed by atoms with van der Waals surface area (Å²) in [6, 6.07) is 0.858. The number of alkyl halides is 2. The second-order valence-corrected chi connectivity index (χ2v) is 14.9. The van der Waals surface area contributed by atoms with Gasteiger partial charge in [-0.05, 0) is 31.6 Å². The van der Waals surface area contributed by atoms with Gasteiger partial charge in [0, 0.05) is 67.8 Å². The molecule has 2 atom stereocenters. The maximum absolute atomic E-state index is 15.3. The molecule has 35 heavy (non-hydrogen) atoms. The number of hydrogen-bond donors (Lipinski definition) is 2. The minimum atomic E-state index is -3.46. The molecule has 1 fully saturated rings. The van der Waals surface area contributed by atoms with Crippen LogP contribution in [0.3, 0.4) is 0 Å². The second-order valence-electron chi connectivity index (χ2n) is 8.74. The van der Waals surface area contributed by atoms with Gasteiger partial charge in [0.1, 0.15) is 11.8 Å². The van der Waals surface area contributed by atoms with E-state index in [4.69, 9.17) is 26.6 Å². The second kappa shape index (κ2) is 14.7. The number of amides is 2. The predicted octanol–water partition coefficient (Wildman–Crippen LogP) is 2.05. The Hall–Kier alpha value is -1.01. The van der Waals surface area contributed by atoms with Crippen LogP contribution in [-0.4, -0.2) is 91.1 Å². The van der Waals surface area contributed by atoms with E-state index in [9.17, 15) is 9.59 Å². The number of carbonyl (C=O) groups excluding carboxylic acids is 2. The van der Waals surface area contributed by atoms with Crippen molar-refractivity contribution in [3.8, 4) is 0 Å². The predicted molar refractivity (Wildman–Crippen MR) is 129 cm³/mol. The van der Waals surface area contributed by atoms with Gasteiger partial charge in [0.25, 0.3) is 5.92 Å². The zero-order valence-corrected chi connectivity index (χ0v) is 23.9. The van der Waals surface area contributed by atoms with Gasteiger partial charge in [0.15, 0.2) is 0 Å². The Labute approximate surface area is 209 Å². The first kappa shape index (κ1) is 32.0. The standard InChI is InChI=1S/C21H42F2N2O8Si2/c1-16-14-17(19(26)24-10-8-12-34(28-2,29-3)30-4)21(22,23)18(15-16)20(27)25-11-9-13-35(31-5,32-6)33-7/h16-18H,8-15H2,1-7H3,(H,24,26)(H,25,27). The molecule has 0 spiro atoms. The molecule has 0 aromatic heterocycles. The van der Waals surface area contributed by atoms with Crippen LogP contribution in [0.1, 0.15) is 32.6 Å². The van der Waals surface area contributed by atoms with Crippen LogP contribution in [0.4, 0.5) is 8.78 Å². The molecule has 1 rings (SSSR count). The lowest BCUT2D eigenvalue weighted by Gasteiger charge is -2.39. The van der Waals surface area contributed by atoms with E-state index in [1.807, 2.05) is 0 Å². The first-order valence-corrected chi connectivity index (χ1v) is 15.6. The Bertz CT molecular complexity index is 601. The highest BCUT2D eigenvalue weighted by Gasteiger charge is 2.57. The molecule has 0 saturated heterocycles. The largest absolute Gasteiger partial charge is 0.500 e. The molecule has 10 nitrogen and oxygen atoms in total. The van der Waals surface area contributed by atoms with Crippen molar-refractivity contribution in [3.63, 3.8) is 0 Å². The van der Waals surface area contributed by atoms with Crippen LogP contribution in [-0.2, 0) is 36.1 Å². The van der Waals surface area contributed by atoms with Crippen molar-refractivity contribution in [2.75, 3.05) is 55.7 Å². The van der Waals surface area contributed by atoms with E-state index < -0.39 is 47.2 Å². The highest BCUT2D eigenvalue weighted by molar-refractivity contribution is 6.60. The molecule has 1 aliphatic carbocycles. The number of carbonyl (C=O) groups is 2. The van der Waals surface area contributed by atoms with E-state index in [0.717, 1.165) is 0 Å². The number of nitrogens with one attached hydrogen (secondary N) is 2. The van der Waals surface area contributed by atoms with Gasteiger partial charge >= 0.3 is 17.6 Å². The molecule has 2 N–H and O–H groups in total. The van der Waals surface area contributed by atoms with Crippen LogP contribution in [0.25, 0.3) is 0 Å². The Kier molecular flexibility index (Phi) is 13.4. The van der Waals surface area contributed by atoms with Crippen molar-refractivity contribution in [1.82, 2.24) is 10.6 Å². The molecule has 0 radical (unpaired) electrons. The quantitative estimate of drug-likeness (QED) is 0.224. The molecule has 14 heteroatoms. The topological polar surface area (TPSA) is 114 Å². The zero-order valence-electron chi connectivity index (χ0n) is 21.9. The summed E-state index contributed by atoms with van der Waals surface area (Å²) in [5.41, 5.74) is 0. The van der Waals surface area contributed by atoms with Crippen LogP contribution in [0, 0.1) is 17.8 Å². The maximum Gasteiger partial charge on any atom is 0.500 e. The van der Waals surface area contributed by atoms with Crippen molar-refractivity contribution < 1.29 is 44.9 Å². The van der Waals surface area contributed by atoms with Crippen LogP contribution in [0.2, 0.25) is 12.1 Å². The summed E-state index contributed by atoms with van der Waals surface area (Å²) < 4.78 is 62.6. The SMILES string of the molecule is CO[Si](CCCNC(=O)C1CC(C)CC(C(=O)NCCC[Si](OC)(OC)OC)C1(F)F)(OC)OC. The van der Waals surface area contributed by atoms with Gasteiger partial charge in [0.05, 0.1) is 0 Å². The van der Waals surface area contributed by atoms with E-state index in [0.29, 0.717) is 24.9 Å². The number of hydrogen-bond acceptors (Lipinski definition) is 8. The molecule has 0 bridgehead atoms. The summed E-state index contributed by atoms with van der Waals surface area (Å²) in [5.74, 6) is -8.33. The molecule has 0 heterocycles. The highest BCUT2D eigenvalue weighted by atomic mass is 28.4. The fourth-order valence-electron chi connectivity index (χ4n) is 4.41. The Balaban J connectivity index is 2.67. The molecule has 2 unspecified atom stereocenters. The summed E-state index contributed by atoms with van der Waals surface area (Å²) in [6.07, 6.45) is 0.916. The monoisotopic (exact) mass is 544 g/mol. The van der Waals surface area contributed by atoms with Gasteiger partial charge in [-0.1, -0.05) is 6.92 Å². The number of halogens is 2. The van der Waals surface area contributed by atoms with Crippen LogP contribution in [0.15, 0.2) is 0 Å². The fourth-order valence-corrected chi connectivity index (χ4v) is 7.86. The van der Waals surface area contributed by atoms with Crippen LogP contribution < -0.4 is 10.6 Å².